The standard InChI is InChI=1S/C24H34N4O4S/c1-24(2,3)20-7-11-22(12-8-20)25-21-9-5-19(6-10-21)17-28(30)23(29)18-26-13-15-27(16-14-26)33(4,31)32/h5-12,25,30H,13-18H2,1-4H3. The number of hydrogen-bond donors (Lipinski definition) is 2. The number of piperazine rings is 1. The molecule has 180 valence electrons. The number of anilines is 2. The fraction of sp³-hybridized carbons (Fsp3) is 0.458. The van der Waals surface area contributed by atoms with E-state index in [0.29, 0.717) is 26.2 Å². The number of sulfonamides is 1. The first kappa shape index (κ1) is 25.2. The number of hydrogen-bond acceptors (Lipinski definition) is 6. The number of hydroxylamine groups is 2. The Morgan fingerprint density at radius 3 is 1.97 bits per heavy atom. The van der Waals surface area contributed by atoms with Crippen molar-refractivity contribution in [1.29, 1.82) is 0 Å². The Balaban J connectivity index is 1.48. The first-order valence-electron chi connectivity index (χ1n) is 11.0. The van der Waals surface area contributed by atoms with Crippen LogP contribution >= 0.6 is 0 Å². The van der Waals surface area contributed by atoms with E-state index in [4.69, 9.17) is 0 Å². The average molecular weight is 475 g/mol. The maximum atomic E-state index is 12.4. The lowest BCUT2D eigenvalue weighted by Crippen LogP contribution is -2.50. The SMILES string of the molecule is CC(C)(C)c1ccc(Nc2ccc(CN(O)C(=O)CN3CCN(S(C)(=O)=O)CC3)cc2)cc1. The van der Waals surface area contributed by atoms with Crippen molar-refractivity contribution in [3.05, 3.63) is 59.7 Å². The lowest BCUT2D eigenvalue weighted by atomic mass is 9.87. The van der Waals surface area contributed by atoms with Gasteiger partial charge in [0, 0.05) is 37.6 Å². The summed E-state index contributed by atoms with van der Waals surface area (Å²) in [5.41, 5.74) is 4.10. The van der Waals surface area contributed by atoms with Crippen LogP contribution in [0.2, 0.25) is 0 Å². The van der Waals surface area contributed by atoms with E-state index in [0.717, 1.165) is 22.0 Å². The summed E-state index contributed by atoms with van der Waals surface area (Å²) in [6.45, 7) is 8.32. The Hall–Kier alpha value is -2.46. The maximum absolute atomic E-state index is 12.4. The third-order valence-electron chi connectivity index (χ3n) is 5.77. The van der Waals surface area contributed by atoms with Gasteiger partial charge in [0.25, 0.3) is 5.91 Å². The zero-order valence-electron chi connectivity index (χ0n) is 19.8. The molecule has 0 unspecified atom stereocenters. The molecule has 33 heavy (non-hydrogen) atoms. The van der Waals surface area contributed by atoms with Crippen LogP contribution in [0.15, 0.2) is 48.5 Å². The summed E-state index contributed by atoms with van der Waals surface area (Å²) in [5.74, 6) is -0.413. The highest BCUT2D eigenvalue weighted by Crippen LogP contribution is 2.25. The molecule has 9 heteroatoms. The third kappa shape index (κ3) is 7.26. The molecule has 0 bridgehead atoms. The minimum atomic E-state index is -3.21. The van der Waals surface area contributed by atoms with Crippen LogP contribution in [0.4, 0.5) is 11.4 Å². The lowest BCUT2D eigenvalue weighted by Gasteiger charge is -2.33. The quantitative estimate of drug-likeness (QED) is 0.473. The third-order valence-corrected chi connectivity index (χ3v) is 7.08. The van der Waals surface area contributed by atoms with Gasteiger partial charge in [0.2, 0.25) is 10.0 Å². The van der Waals surface area contributed by atoms with Gasteiger partial charge in [-0.15, -0.1) is 0 Å². The molecule has 1 saturated heterocycles. The van der Waals surface area contributed by atoms with E-state index < -0.39 is 15.9 Å². The van der Waals surface area contributed by atoms with E-state index in [1.54, 1.807) is 0 Å². The first-order chi connectivity index (χ1) is 15.4. The van der Waals surface area contributed by atoms with Crippen molar-refractivity contribution < 1.29 is 18.4 Å². The van der Waals surface area contributed by atoms with E-state index in [2.05, 4.69) is 50.4 Å². The smallest absolute Gasteiger partial charge is 0.260 e. The summed E-state index contributed by atoms with van der Waals surface area (Å²) in [6, 6.07) is 15.9. The van der Waals surface area contributed by atoms with Crippen LogP contribution in [-0.2, 0) is 26.8 Å². The molecule has 0 atom stereocenters. The van der Waals surface area contributed by atoms with Crippen molar-refractivity contribution in [3.63, 3.8) is 0 Å². The number of nitrogens with one attached hydrogen (secondary N) is 1. The fourth-order valence-corrected chi connectivity index (χ4v) is 4.49. The summed E-state index contributed by atoms with van der Waals surface area (Å²) < 4.78 is 24.6. The molecule has 0 aliphatic carbocycles. The van der Waals surface area contributed by atoms with Gasteiger partial charge in [0.1, 0.15) is 0 Å². The number of amides is 1. The topological polar surface area (TPSA) is 93.2 Å². The number of carbonyl (C=O) groups is 1. The number of rotatable bonds is 7. The van der Waals surface area contributed by atoms with Crippen LogP contribution in [0.3, 0.4) is 0 Å². The number of benzene rings is 2. The lowest BCUT2D eigenvalue weighted by molar-refractivity contribution is -0.169. The molecule has 1 fully saturated rings. The van der Waals surface area contributed by atoms with Crippen molar-refractivity contribution >= 4 is 27.3 Å². The molecular formula is C24H34N4O4S. The molecule has 2 aromatic carbocycles. The van der Waals surface area contributed by atoms with E-state index in [1.807, 2.05) is 29.2 Å². The molecule has 3 rings (SSSR count). The maximum Gasteiger partial charge on any atom is 0.260 e. The highest BCUT2D eigenvalue weighted by Gasteiger charge is 2.25. The van der Waals surface area contributed by atoms with Gasteiger partial charge in [0.15, 0.2) is 0 Å². The predicted molar refractivity (Wildman–Crippen MR) is 130 cm³/mol. The van der Waals surface area contributed by atoms with Crippen LogP contribution in [-0.4, -0.2) is 72.8 Å². The minimum absolute atomic E-state index is 0.0539. The molecule has 1 aliphatic rings. The molecule has 1 heterocycles. The van der Waals surface area contributed by atoms with Crippen LogP contribution in [0.25, 0.3) is 0 Å². The summed E-state index contributed by atoms with van der Waals surface area (Å²) in [6.07, 6.45) is 1.19. The molecule has 2 N–H and O–H groups in total. The zero-order chi connectivity index (χ0) is 24.2. The second kappa shape index (κ2) is 10.2. The van der Waals surface area contributed by atoms with Crippen LogP contribution < -0.4 is 5.32 Å². The Morgan fingerprint density at radius 2 is 1.48 bits per heavy atom. The molecule has 0 radical (unpaired) electrons. The highest BCUT2D eigenvalue weighted by atomic mass is 32.2. The van der Waals surface area contributed by atoms with Gasteiger partial charge in [-0.2, -0.15) is 4.31 Å². The molecule has 2 aromatic rings. The van der Waals surface area contributed by atoms with Gasteiger partial charge in [-0.05, 0) is 40.8 Å². The molecule has 8 nitrogen and oxygen atoms in total. The molecule has 1 amide bonds. The zero-order valence-corrected chi connectivity index (χ0v) is 20.6. The van der Waals surface area contributed by atoms with E-state index >= 15 is 0 Å². The Morgan fingerprint density at radius 1 is 0.970 bits per heavy atom. The summed E-state index contributed by atoms with van der Waals surface area (Å²) in [7, 11) is -3.21. The Kier molecular flexibility index (Phi) is 7.79. The minimum Gasteiger partial charge on any atom is -0.356 e. The summed E-state index contributed by atoms with van der Waals surface area (Å²) >= 11 is 0. The van der Waals surface area contributed by atoms with Gasteiger partial charge < -0.3 is 5.32 Å². The second-order valence-corrected chi connectivity index (χ2v) is 11.5. The predicted octanol–water partition coefficient (Wildman–Crippen LogP) is 3.02. The number of nitrogens with zero attached hydrogens (tertiary/aromatic N) is 3. The van der Waals surface area contributed by atoms with E-state index in [1.165, 1.54) is 16.1 Å². The monoisotopic (exact) mass is 474 g/mol. The summed E-state index contributed by atoms with van der Waals surface area (Å²) in [4.78, 5) is 14.2. The fourth-order valence-electron chi connectivity index (χ4n) is 3.67. The molecule has 0 aromatic heterocycles. The largest absolute Gasteiger partial charge is 0.356 e. The van der Waals surface area contributed by atoms with Crippen molar-refractivity contribution in [2.45, 2.75) is 32.7 Å². The van der Waals surface area contributed by atoms with Gasteiger partial charge in [-0.25, -0.2) is 13.5 Å². The first-order valence-corrected chi connectivity index (χ1v) is 12.9. The Bertz CT molecular complexity index is 1040. The van der Waals surface area contributed by atoms with Crippen LogP contribution in [0.5, 0.6) is 0 Å². The number of carbonyl (C=O) groups excluding carboxylic acids is 1. The van der Waals surface area contributed by atoms with Gasteiger partial charge in [-0.3, -0.25) is 14.9 Å². The van der Waals surface area contributed by atoms with Crippen molar-refractivity contribution in [2.24, 2.45) is 0 Å². The normalized spacial score (nSPS) is 15.9. The van der Waals surface area contributed by atoms with Gasteiger partial charge in [0.05, 0.1) is 19.3 Å². The second-order valence-electron chi connectivity index (χ2n) is 9.54. The van der Waals surface area contributed by atoms with Crippen LogP contribution in [0.1, 0.15) is 31.9 Å². The molecule has 1 aliphatic heterocycles. The average Bonchev–Trinajstić information content (AvgIpc) is 2.74. The molecule has 0 spiro atoms. The van der Waals surface area contributed by atoms with Crippen molar-refractivity contribution in [1.82, 2.24) is 14.3 Å². The van der Waals surface area contributed by atoms with Gasteiger partial charge >= 0.3 is 0 Å². The Labute approximate surface area is 196 Å². The van der Waals surface area contributed by atoms with Crippen molar-refractivity contribution in [3.8, 4) is 0 Å². The van der Waals surface area contributed by atoms with Crippen molar-refractivity contribution in [2.75, 3.05) is 44.3 Å². The van der Waals surface area contributed by atoms with E-state index in [9.17, 15) is 18.4 Å². The van der Waals surface area contributed by atoms with E-state index in [-0.39, 0.29) is 18.5 Å². The summed E-state index contributed by atoms with van der Waals surface area (Å²) in [5, 5.41) is 14.3. The molecule has 0 saturated carbocycles. The highest BCUT2D eigenvalue weighted by molar-refractivity contribution is 7.88. The molecular weight excluding hydrogens is 440 g/mol. The van der Waals surface area contributed by atoms with Gasteiger partial charge in [-0.1, -0.05) is 45.0 Å². The van der Waals surface area contributed by atoms with Crippen LogP contribution in [0, 0.1) is 0 Å².